The summed E-state index contributed by atoms with van der Waals surface area (Å²) in [6.07, 6.45) is 0. The van der Waals surface area contributed by atoms with Crippen LogP contribution in [-0.4, -0.2) is 27.9 Å². The van der Waals surface area contributed by atoms with Crippen molar-refractivity contribution in [2.24, 2.45) is 0 Å². The minimum Gasteiger partial charge on any atom is -0.399 e. The third-order valence-electron chi connectivity index (χ3n) is 2.46. The SMILES string of the molecule is COCCS(=O)(=O)Cc1cccc(N)c1C. The van der Waals surface area contributed by atoms with Crippen molar-refractivity contribution >= 4 is 15.5 Å². The summed E-state index contributed by atoms with van der Waals surface area (Å²) in [5.74, 6) is 0.0605. The second-order valence-corrected chi connectivity index (χ2v) is 5.90. The van der Waals surface area contributed by atoms with Gasteiger partial charge in [0.25, 0.3) is 0 Å². The summed E-state index contributed by atoms with van der Waals surface area (Å²) in [6.45, 7) is 2.06. The quantitative estimate of drug-likeness (QED) is 0.787. The van der Waals surface area contributed by atoms with Gasteiger partial charge in [-0.1, -0.05) is 12.1 Å². The molecule has 0 aliphatic rings. The fraction of sp³-hybridized carbons (Fsp3) is 0.455. The molecule has 0 atom stereocenters. The maximum Gasteiger partial charge on any atom is 0.156 e. The van der Waals surface area contributed by atoms with Crippen LogP contribution in [0.5, 0.6) is 0 Å². The number of nitrogens with two attached hydrogens (primary N) is 1. The van der Waals surface area contributed by atoms with Crippen LogP contribution in [0, 0.1) is 6.92 Å². The highest BCUT2D eigenvalue weighted by Crippen LogP contribution is 2.18. The molecule has 0 spiro atoms. The predicted molar refractivity (Wildman–Crippen MR) is 65.0 cm³/mol. The number of hydrogen-bond acceptors (Lipinski definition) is 4. The number of nitrogen functional groups attached to an aromatic ring is 1. The number of rotatable bonds is 5. The highest BCUT2D eigenvalue weighted by molar-refractivity contribution is 7.90. The molecule has 4 nitrogen and oxygen atoms in total. The Bertz CT molecular complexity index is 454. The largest absolute Gasteiger partial charge is 0.399 e. The first-order chi connectivity index (χ1) is 7.46. The standard InChI is InChI=1S/C11H17NO3S/c1-9-10(4-3-5-11(9)12)8-16(13,14)7-6-15-2/h3-5H,6-8,12H2,1-2H3. The Hall–Kier alpha value is -1.07. The first kappa shape index (κ1) is 13.0. The van der Waals surface area contributed by atoms with Crippen LogP contribution in [0.3, 0.4) is 0 Å². The van der Waals surface area contributed by atoms with Crippen molar-refractivity contribution in [3.05, 3.63) is 29.3 Å². The van der Waals surface area contributed by atoms with Crippen LogP contribution in [0.25, 0.3) is 0 Å². The van der Waals surface area contributed by atoms with Crippen LogP contribution in [0.2, 0.25) is 0 Å². The molecule has 0 aromatic heterocycles. The van der Waals surface area contributed by atoms with Crippen molar-refractivity contribution in [3.63, 3.8) is 0 Å². The van der Waals surface area contributed by atoms with E-state index in [-0.39, 0.29) is 18.1 Å². The number of benzene rings is 1. The molecule has 0 heterocycles. The lowest BCUT2D eigenvalue weighted by atomic mass is 10.1. The van der Waals surface area contributed by atoms with Crippen LogP contribution < -0.4 is 5.73 Å². The lowest BCUT2D eigenvalue weighted by Gasteiger charge is -2.08. The Labute approximate surface area is 96.3 Å². The first-order valence-electron chi connectivity index (χ1n) is 4.99. The van der Waals surface area contributed by atoms with Gasteiger partial charge in [0, 0.05) is 12.8 Å². The van der Waals surface area contributed by atoms with E-state index >= 15 is 0 Å². The van der Waals surface area contributed by atoms with Crippen molar-refractivity contribution < 1.29 is 13.2 Å². The summed E-state index contributed by atoms with van der Waals surface area (Å²) in [4.78, 5) is 0. The minimum atomic E-state index is -3.12. The first-order valence-corrected chi connectivity index (χ1v) is 6.82. The number of anilines is 1. The normalized spacial score (nSPS) is 11.6. The highest BCUT2D eigenvalue weighted by atomic mass is 32.2. The average Bonchev–Trinajstić information content (AvgIpc) is 2.22. The lowest BCUT2D eigenvalue weighted by molar-refractivity contribution is 0.217. The van der Waals surface area contributed by atoms with Crippen molar-refractivity contribution in [3.8, 4) is 0 Å². The van der Waals surface area contributed by atoms with Gasteiger partial charge in [0.05, 0.1) is 18.1 Å². The van der Waals surface area contributed by atoms with Gasteiger partial charge in [0.1, 0.15) is 0 Å². The molecule has 0 unspecified atom stereocenters. The molecule has 0 aliphatic heterocycles. The molecule has 0 radical (unpaired) electrons. The van der Waals surface area contributed by atoms with Crippen LogP contribution in [0.1, 0.15) is 11.1 Å². The summed E-state index contributed by atoms with van der Waals surface area (Å²) < 4.78 is 28.2. The Morgan fingerprint density at radius 2 is 2.06 bits per heavy atom. The number of methoxy groups -OCH3 is 1. The van der Waals surface area contributed by atoms with E-state index in [0.717, 1.165) is 11.1 Å². The van der Waals surface area contributed by atoms with Gasteiger partial charge in [0.15, 0.2) is 9.84 Å². The van der Waals surface area contributed by atoms with Crippen molar-refractivity contribution in [2.45, 2.75) is 12.7 Å². The number of hydrogen-bond donors (Lipinski definition) is 1. The molecular weight excluding hydrogens is 226 g/mol. The van der Waals surface area contributed by atoms with Crippen LogP contribution >= 0.6 is 0 Å². The van der Waals surface area contributed by atoms with Gasteiger partial charge >= 0.3 is 0 Å². The van der Waals surface area contributed by atoms with E-state index in [1.165, 1.54) is 7.11 Å². The van der Waals surface area contributed by atoms with E-state index in [1.54, 1.807) is 18.2 Å². The second kappa shape index (κ2) is 5.32. The number of ether oxygens (including phenoxy) is 1. The average molecular weight is 243 g/mol. The molecule has 0 bridgehead atoms. The third-order valence-corrected chi connectivity index (χ3v) is 4.00. The van der Waals surface area contributed by atoms with Crippen molar-refractivity contribution in [1.82, 2.24) is 0 Å². The molecule has 16 heavy (non-hydrogen) atoms. The molecular formula is C11H17NO3S. The van der Waals surface area contributed by atoms with E-state index in [4.69, 9.17) is 10.5 Å². The van der Waals surface area contributed by atoms with Crippen LogP contribution in [0.15, 0.2) is 18.2 Å². The molecule has 0 saturated heterocycles. The summed E-state index contributed by atoms with van der Waals surface area (Å²) in [7, 11) is -1.63. The van der Waals surface area contributed by atoms with Gasteiger partial charge in [-0.05, 0) is 24.1 Å². The maximum absolute atomic E-state index is 11.7. The molecule has 0 fully saturated rings. The van der Waals surface area contributed by atoms with Gasteiger partial charge in [-0.3, -0.25) is 0 Å². The van der Waals surface area contributed by atoms with E-state index in [1.807, 2.05) is 6.92 Å². The number of sulfone groups is 1. The van der Waals surface area contributed by atoms with Crippen molar-refractivity contribution in [2.75, 3.05) is 25.2 Å². The van der Waals surface area contributed by atoms with E-state index in [2.05, 4.69) is 0 Å². The van der Waals surface area contributed by atoms with E-state index < -0.39 is 9.84 Å². The molecule has 0 amide bonds. The Balaban J connectivity index is 2.84. The smallest absolute Gasteiger partial charge is 0.156 e. The van der Waals surface area contributed by atoms with Gasteiger partial charge in [-0.15, -0.1) is 0 Å². The Morgan fingerprint density at radius 1 is 1.38 bits per heavy atom. The molecule has 1 aromatic rings. The zero-order valence-electron chi connectivity index (χ0n) is 9.56. The topological polar surface area (TPSA) is 69.4 Å². The zero-order chi connectivity index (χ0) is 12.2. The molecule has 90 valence electrons. The van der Waals surface area contributed by atoms with Gasteiger partial charge in [-0.25, -0.2) is 8.42 Å². The predicted octanol–water partition coefficient (Wildman–Crippen LogP) is 1.14. The monoisotopic (exact) mass is 243 g/mol. The summed E-state index contributed by atoms with van der Waals surface area (Å²) >= 11 is 0. The third kappa shape index (κ3) is 3.50. The summed E-state index contributed by atoms with van der Waals surface area (Å²) in [5.41, 5.74) is 7.94. The molecule has 1 aromatic carbocycles. The zero-order valence-corrected chi connectivity index (χ0v) is 10.4. The van der Waals surface area contributed by atoms with E-state index in [9.17, 15) is 8.42 Å². The summed E-state index contributed by atoms with van der Waals surface area (Å²) in [6, 6.07) is 5.32. The Morgan fingerprint density at radius 3 is 2.69 bits per heavy atom. The van der Waals surface area contributed by atoms with E-state index in [0.29, 0.717) is 5.69 Å². The molecule has 1 rings (SSSR count). The second-order valence-electron chi connectivity index (χ2n) is 3.72. The minimum absolute atomic E-state index is 0.0211. The summed E-state index contributed by atoms with van der Waals surface area (Å²) in [5, 5.41) is 0. The fourth-order valence-electron chi connectivity index (χ4n) is 1.38. The molecule has 2 N–H and O–H groups in total. The van der Waals surface area contributed by atoms with Gasteiger partial charge in [0.2, 0.25) is 0 Å². The molecule has 0 saturated carbocycles. The van der Waals surface area contributed by atoms with Gasteiger partial charge < -0.3 is 10.5 Å². The molecule has 0 aliphatic carbocycles. The fourth-order valence-corrected chi connectivity index (χ4v) is 2.73. The highest BCUT2D eigenvalue weighted by Gasteiger charge is 2.13. The van der Waals surface area contributed by atoms with Crippen LogP contribution in [-0.2, 0) is 20.3 Å². The Kier molecular flexibility index (Phi) is 4.32. The van der Waals surface area contributed by atoms with Crippen molar-refractivity contribution in [1.29, 1.82) is 0 Å². The van der Waals surface area contributed by atoms with Gasteiger partial charge in [-0.2, -0.15) is 0 Å². The maximum atomic E-state index is 11.7. The van der Waals surface area contributed by atoms with Crippen LogP contribution in [0.4, 0.5) is 5.69 Å². The molecule has 5 heteroatoms. The lowest BCUT2D eigenvalue weighted by Crippen LogP contribution is -2.14.